The molecule has 0 bridgehead atoms. The van der Waals surface area contributed by atoms with Crippen LogP contribution in [0.2, 0.25) is 0 Å². The van der Waals surface area contributed by atoms with Crippen LogP contribution in [0.25, 0.3) is 0 Å². The van der Waals surface area contributed by atoms with Gasteiger partial charge >= 0.3 is 0 Å². The Bertz CT molecular complexity index is 809. The zero-order valence-electron chi connectivity index (χ0n) is 15.4. The summed E-state index contributed by atoms with van der Waals surface area (Å²) in [6.45, 7) is 10.2. The molecule has 0 radical (unpaired) electrons. The van der Waals surface area contributed by atoms with E-state index in [0.717, 1.165) is 36.2 Å². The van der Waals surface area contributed by atoms with E-state index in [-0.39, 0.29) is 0 Å². The van der Waals surface area contributed by atoms with E-state index in [1.165, 1.54) is 16.7 Å². The third kappa shape index (κ3) is 4.84. The summed E-state index contributed by atoms with van der Waals surface area (Å²) in [6, 6.07) is 16.9. The molecule has 2 heteroatoms. The molecule has 128 valence electrons. The number of hydrogen-bond acceptors (Lipinski definition) is 2. The van der Waals surface area contributed by atoms with Gasteiger partial charge in [-0.3, -0.25) is 0 Å². The molecule has 0 fully saturated rings. The molecule has 2 nitrogen and oxygen atoms in total. The van der Waals surface area contributed by atoms with Gasteiger partial charge in [0.05, 0.1) is 11.6 Å². The fourth-order valence-corrected chi connectivity index (χ4v) is 2.99. The summed E-state index contributed by atoms with van der Waals surface area (Å²) in [7, 11) is 0. The standard InChI is InChI=1S/C23H26N2/c1-5-14-25(18(3)4)23-9-7-8-19(16-23)10-12-22-13-11-20(17-24)15-21(22)6-2/h5,7-9,11,13-16H,3,6,10,12H2,1-2,4H3/b14-5-. The highest BCUT2D eigenvalue weighted by molar-refractivity contribution is 5.55. The van der Waals surface area contributed by atoms with Gasteiger partial charge in [-0.05, 0) is 74.1 Å². The second-order valence-electron chi connectivity index (χ2n) is 6.21. The van der Waals surface area contributed by atoms with Gasteiger partial charge in [0.2, 0.25) is 0 Å². The van der Waals surface area contributed by atoms with Crippen molar-refractivity contribution in [3.05, 3.63) is 89.3 Å². The lowest BCUT2D eigenvalue weighted by molar-refractivity contribution is 0.929. The maximum Gasteiger partial charge on any atom is 0.0991 e. The van der Waals surface area contributed by atoms with E-state index >= 15 is 0 Å². The summed E-state index contributed by atoms with van der Waals surface area (Å²) in [5.41, 5.74) is 6.78. The number of hydrogen-bond donors (Lipinski definition) is 0. The number of nitriles is 1. The van der Waals surface area contributed by atoms with Gasteiger partial charge in [-0.25, -0.2) is 0 Å². The Balaban J connectivity index is 2.18. The Labute approximate surface area is 151 Å². The smallest absolute Gasteiger partial charge is 0.0991 e. The van der Waals surface area contributed by atoms with Gasteiger partial charge in [-0.1, -0.05) is 37.8 Å². The van der Waals surface area contributed by atoms with Crippen molar-refractivity contribution in [3.8, 4) is 6.07 Å². The van der Waals surface area contributed by atoms with Gasteiger partial charge in [0.1, 0.15) is 0 Å². The molecule has 2 aromatic carbocycles. The van der Waals surface area contributed by atoms with Crippen molar-refractivity contribution < 1.29 is 0 Å². The second kappa shape index (κ2) is 8.89. The van der Waals surface area contributed by atoms with Crippen molar-refractivity contribution in [2.45, 2.75) is 40.0 Å². The van der Waals surface area contributed by atoms with E-state index in [0.29, 0.717) is 0 Å². The Morgan fingerprint density at radius 2 is 1.96 bits per heavy atom. The molecule has 0 atom stereocenters. The van der Waals surface area contributed by atoms with E-state index in [9.17, 15) is 0 Å². The van der Waals surface area contributed by atoms with Crippen molar-refractivity contribution >= 4 is 5.69 Å². The van der Waals surface area contributed by atoms with Crippen LogP contribution in [0.5, 0.6) is 0 Å². The molecule has 0 unspecified atom stereocenters. The van der Waals surface area contributed by atoms with Crippen LogP contribution in [0.15, 0.2) is 67.0 Å². The fraction of sp³-hybridized carbons (Fsp3) is 0.261. The number of aryl methyl sites for hydroxylation is 3. The molecular weight excluding hydrogens is 304 g/mol. The van der Waals surface area contributed by atoms with Crippen LogP contribution in [0.1, 0.15) is 43.0 Å². The summed E-state index contributed by atoms with van der Waals surface area (Å²) in [5, 5.41) is 9.06. The van der Waals surface area contributed by atoms with Crippen molar-refractivity contribution in [2.75, 3.05) is 4.90 Å². The van der Waals surface area contributed by atoms with Gasteiger partial charge in [0, 0.05) is 17.6 Å². The highest BCUT2D eigenvalue weighted by atomic mass is 15.1. The van der Waals surface area contributed by atoms with Crippen molar-refractivity contribution in [1.29, 1.82) is 5.26 Å². The molecule has 0 spiro atoms. The predicted octanol–water partition coefficient (Wildman–Crippen LogP) is 5.78. The van der Waals surface area contributed by atoms with E-state index in [4.69, 9.17) is 5.26 Å². The molecule has 0 aromatic heterocycles. The minimum atomic E-state index is 0.742. The van der Waals surface area contributed by atoms with Gasteiger partial charge in [0.25, 0.3) is 0 Å². The second-order valence-corrected chi connectivity index (χ2v) is 6.21. The Hall–Kier alpha value is -2.79. The third-order valence-corrected chi connectivity index (χ3v) is 4.30. The highest BCUT2D eigenvalue weighted by Gasteiger charge is 2.07. The average Bonchev–Trinajstić information content (AvgIpc) is 2.64. The van der Waals surface area contributed by atoms with Crippen LogP contribution < -0.4 is 4.90 Å². The minimum Gasteiger partial charge on any atom is -0.322 e. The fourth-order valence-electron chi connectivity index (χ4n) is 2.99. The van der Waals surface area contributed by atoms with Crippen LogP contribution in [-0.2, 0) is 19.3 Å². The zero-order chi connectivity index (χ0) is 18.2. The lowest BCUT2D eigenvalue weighted by Crippen LogP contribution is -2.12. The molecule has 0 aliphatic heterocycles. The van der Waals surface area contributed by atoms with Crippen molar-refractivity contribution in [1.82, 2.24) is 0 Å². The predicted molar refractivity (Wildman–Crippen MR) is 106 cm³/mol. The maximum absolute atomic E-state index is 9.06. The van der Waals surface area contributed by atoms with Crippen LogP contribution in [0.4, 0.5) is 5.69 Å². The highest BCUT2D eigenvalue weighted by Crippen LogP contribution is 2.22. The lowest BCUT2D eigenvalue weighted by atomic mass is 9.96. The van der Waals surface area contributed by atoms with E-state index in [1.807, 2.05) is 38.3 Å². The molecule has 0 saturated carbocycles. The van der Waals surface area contributed by atoms with Crippen LogP contribution in [0.3, 0.4) is 0 Å². The topological polar surface area (TPSA) is 27.0 Å². The SMILES string of the molecule is C=C(C)N(/C=C\C)c1cccc(CCc2ccc(C#N)cc2CC)c1. The molecule has 0 aliphatic rings. The largest absolute Gasteiger partial charge is 0.322 e. The quantitative estimate of drug-likeness (QED) is 0.643. The molecule has 2 rings (SSSR count). The first-order chi connectivity index (χ1) is 12.1. The molecule has 2 aromatic rings. The van der Waals surface area contributed by atoms with Crippen molar-refractivity contribution in [3.63, 3.8) is 0 Å². The number of benzene rings is 2. The van der Waals surface area contributed by atoms with Crippen LogP contribution in [-0.4, -0.2) is 0 Å². The average molecular weight is 330 g/mol. The molecule has 0 heterocycles. The molecule has 0 N–H and O–H groups in total. The normalized spacial score (nSPS) is 10.6. The van der Waals surface area contributed by atoms with Crippen LogP contribution >= 0.6 is 0 Å². The van der Waals surface area contributed by atoms with Gasteiger partial charge in [0.15, 0.2) is 0 Å². The minimum absolute atomic E-state index is 0.742. The van der Waals surface area contributed by atoms with Gasteiger partial charge < -0.3 is 4.90 Å². The summed E-state index contributed by atoms with van der Waals surface area (Å²) < 4.78 is 0. The number of rotatable bonds is 7. The summed E-state index contributed by atoms with van der Waals surface area (Å²) in [4.78, 5) is 2.10. The van der Waals surface area contributed by atoms with E-state index in [1.54, 1.807) is 0 Å². The monoisotopic (exact) mass is 330 g/mol. The summed E-state index contributed by atoms with van der Waals surface area (Å²) >= 11 is 0. The number of nitrogens with zero attached hydrogens (tertiary/aromatic N) is 2. The maximum atomic E-state index is 9.06. The van der Waals surface area contributed by atoms with Crippen molar-refractivity contribution in [2.24, 2.45) is 0 Å². The Morgan fingerprint density at radius 3 is 2.60 bits per heavy atom. The van der Waals surface area contributed by atoms with E-state index in [2.05, 4.69) is 54.8 Å². The molecule has 25 heavy (non-hydrogen) atoms. The zero-order valence-corrected chi connectivity index (χ0v) is 15.4. The molecule has 0 saturated heterocycles. The Morgan fingerprint density at radius 1 is 1.16 bits per heavy atom. The van der Waals surface area contributed by atoms with Gasteiger partial charge in [-0.15, -0.1) is 0 Å². The summed E-state index contributed by atoms with van der Waals surface area (Å²) in [5.74, 6) is 0. The first-order valence-corrected chi connectivity index (χ1v) is 8.77. The number of allylic oxidation sites excluding steroid dienone is 2. The number of anilines is 1. The van der Waals surface area contributed by atoms with Gasteiger partial charge in [-0.2, -0.15) is 5.26 Å². The van der Waals surface area contributed by atoms with Crippen LogP contribution in [0, 0.1) is 11.3 Å². The first-order valence-electron chi connectivity index (χ1n) is 8.77. The third-order valence-electron chi connectivity index (χ3n) is 4.30. The first kappa shape index (κ1) is 18.5. The molecular formula is C23H26N2. The lowest BCUT2D eigenvalue weighted by Gasteiger charge is -2.21. The molecule has 0 aliphatic carbocycles. The summed E-state index contributed by atoms with van der Waals surface area (Å²) in [6.07, 6.45) is 6.97. The molecule has 0 amide bonds. The Kier molecular flexibility index (Phi) is 6.60. The van der Waals surface area contributed by atoms with E-state index < -0.39 is 0 Å².